The molecule has 0 heterocycles. The summed E-state index contributed by atoms with van der Waals surface area (Å²) in [4.78, 5) is 0. The van der Waals surface area contributed by atoms with Crippen molar-refractivity contribution < 1.29 is 9.47 Å². The van der Waals surface area contributed by atoms with E-state index in [0.29, 0.717) is 0 Å². The highest BCUT2D eigenvalue weighted by molar-refractivity contribution is 9.10. The molecule has 0 saturated heterocycles. The van der Waals surface area contributed by atoms with Crippen LogP contribution in [0.15, 0.2) is 10.5 Å². The Morgan fingerprint density at radius 2 is 1.85 bits per heavy atom. The van der Waals surface area contributed by atoms with Gasteiger partial charge in [-0.05, 0) is 30.9 Å². The predicted molar refractivity (Wildman–Crippen MR) is 85.6 cm³/mol. The number of halogens is 1. The van der Waals surface area contributed by atoms with Gasteiger partial charge in [0.2, 0.25) is 0 Å². The lowest BCUT2D eigenvalue weighted by atomic mass is 9.75. The highest BCUT2D eigenvalue weighted by atomic mass is 79.9. The Kier molecular flexibility index (Phi) is 4.97. The van der Waals surface area contributed by atoms with Gasteiger partial charge in [-0.25, -0.2) is 0 Å². The van der Waals surface area contributed by atoms with E-state index in [4.69, 9.17) is 15.2 Å². The SMILES string of the molecule is CCc1c(OC)c(OC)cc(Br)c1C1(N)CCCCC1. The van der Waals surface area contributed by atoms with Crippen LogP contribution in [0.2, 0.25) is 0 Å². The third kappa shape index (κ3) is 2.68. The average molecular weight is 342 g/mol. The normalized spacial score (nSPS) is 17.9. The van der Waals surface area contributed by atoms with Crippen molar-refractivity contribution in [3.05, 3.63) is 21.7 Å². The number of hydrogen-bond donors (Lipinski definition) is 1. The fraction of sp³-hybridized carbons (Fsp3) is 0.625. The molecule has 1 aliphatic carbocycles. The summed E-state index contributed by atoms with van der Waals surface area (Å²) in [7, 11) is 3.36. The molecule has 112 valence electrons. The Morgan fingerprint density at radius 3 is 2.35 bits per heavy atom. The Balaban J connectivity index is 2.62. The second-order valence-corrected chi connectivity index (χ2v) is 6.37. The topological polar surface area (TPSA) is 44.5 Å². The molecule has 1 fully saturated rings. The summed E-state index contributed by atoms with van der Waals surface area (Å²) in [5.41, 5.74) is 8.87. The summed E-state index contributed by atoms with van der Waals surface area (Å²) < 4.78 is 12.1. The molecule has 0 aliphatic heterocycles. The zero-order chi connectivity index (χ0) is 14.8. The smallest absolute Gasteiger partial charge is 0.164 e. The Bertz CT molecular complexity index is 482. The van der Waals surface area contributed by atoms with Crippen molar-refractivity contribution >= 4 is 15.9 Å². The fourth-order valence-electron chi connectivity index (χ4n) is 3.34. The first kappa shape index (κ1) is 15.6. The average Bonchev–Trinajstić information content (AvgIpc) is 2.46. The maximum atomic E-state index is 6.75. The first-order valence-electron chi connectivity index (χ1n) is 7.30. The lowest BCUT2D eigenvalue weighted by molar-refractivity contribution is 0.295. The molecular formula is C16H24BrNO2. The third-order valence-electron chi connectivity index (χ3n) is 4.32. The molecule has 1 aromatic rings. The molecular weight excluding hydrogens is 318 g/mol. The van der Waals surface area contributed by atoms with Crippen LogP contribution in [-0.2, 0) is 12.0 Å². The number of rotatable bonds is 4. The van der Waals surface area contributed by atoms with E-state index >= 15 is 0 Å². The second-order valence-electron chi connectivity index (χ2n) is 5.52. The molecule has 0 unspecified atom stereocenters. The van der Waals surface area contributed by atoms with E-state index in [9.17, 15) is 0 Å². The lowest BCUT2D eigenvalue weighted by Gasteiger charge is -2.37. The third-order valence-corrected chi connectivity index (χ3v) is 4.94. The molecule has 0 radical (unpaired) electrons. The molecule has 0 spiro atoms. The number of methoxy groups -OCH3 is 2. The van der Waals surface area contributed by atoms with Gasteiger partial charge in [-0.3, -0.25) is 0 Å². The molecule has 0 amide bonds. The maximum Gasteiger partial charge on any atom is 0.164 e. The van der Waals surface area contributed by atoms with Crippen LogP contribution < -0.4 is 15.2 Å². The zero-order valence-corrected chi connectivity index (χ0v) is 14.2. The van der Waals surface area contributed by atoms with Crippen LogP contribution in [0.1, 0.15) is 50.2 Å². The predicted octanol–water partition coefficient (Wildman–Crippen LogP) is 4.15. The van der Waals surface area contributed by atoms with Gasteiger partial charge in [-0.2, -0.15) is 0 Å². The van der Waals surface area contributed by atoms with Gasteiger partial charge in [0.15, 0.2) is 11.5 Å². The van der Waals surface area contributed by atoms with Crippen LogP contribution in [0, 0.1) is 0 Å². The van der Waals surface area contributed by atoms with E-state index in [0.717, 1.165) is 35.2 Å². The zero-order valence-electron chi connectivity index (χ0n) is 12.6. The quantitative estimate of drug-likeness (QED) is 0.894. The van der Waals surface area contributed by atoms with Crippen molar-refractivity contribution in [2.45, 2.75) is 51.0 Å². The molecule has 1 aliphatic rings. The Morgan fingerprint density at radius 1 is 1.20 bits per heavy atom. The summed E-state index contributed by atoms with van der Waals surface area (Å²) in [5, 5.41) is 0. The highest BCUT2D eigenvalue weighted by Gasteiger charge is 2.35. The largest absolute Gasteiger partial charge is 0.493 e. The van der Waals surface area contributed by atoms with Crippen LogP contribution in [0.4, 0.5) is 0 Å². The monoisotopic (exact) mass is 341 g/mol. The summed E-state index contributed by atoms with van der Waals surface area (Å²) in [6.45, 7) is 2.14. The minimum Gasteiger partial charge on any atom is -0.493 e. The van der Waals surface area contributed by atoms with E-state index in [1.807, 2.05) is 6.07 Å². The van der Waals surface area contributed by atoms with Crippen LogP contribution in [-0.4, -0.2) is 14.2 Å². The molecule has 4 heteroatoms. The van der Waals surface area contributed by atoms with Crippen LogP contribution in [0.5, 0.6) is 11.5 Å². The van der Waals surface area contributed by atoms with Gasteiger partial charge in [-0.1, -0.05) is 42.1 Å². The molecule has 0 atom stereocenters. The molecule has 2 N–H and O–H groups in total. The minimum atomic E-state index is -0.248. The lowest BCUT2D eigenvalue weighted by Crippen LogP contribution is -2.40. The van der Waals surface area contributed by atoms with Gasteiger partial charge in [0.1, 0.15) is 0 Å². The number of nitrogens with two attached hydrogens (primary N) is 1. The van der Waals surface area contributed by atoms with E-state index in [1.165, 1.54) is 30.4 Å². The van der Waals surface area contributed by atoms with Gasteiger partial charge in [-0.15, -0.1) is 0 Å². The first-order chi connectivity index (χ1) is 9.57. The van der Waals surface area contributed by atoms with Crippen molar-refractivity contribution in [1.82, 2.24) is 0 Å². The van der Waals surface area contributed by atoms with Crippen molar-refractivity contribution in [1.29, 1.82) is 0 Å². The van der Waals surface area contributed by atoms with E-state index in [1.54, 1.807) is 14.2 Å². The van der Waals surface area contributed by atoms with E-state index < -0.39 is 0 Å². The summed E-state index contributed by atoms with van der Waals surface area (Å²) in [5.74, 6) is 1.59. The van der Waals surface area contributed by atoms with Crippen molar-refractivity contribution in [2.75, 3.05) is 14.2 Å². The van der Waals surface area contributed by atoms with Crippen molar-refractivity contribution in [3.8, 4) is 11.5 Å². The van der Waals surface area contributed by atoms with Gasteiger partial charge in [0.05, 0.1) is 14.2 Å². The number of ether oxygens (including phenoxy) is 2. The molecule has 1 saturated carbocycles. The van der Waals surface area contributed by atoms with Gasteiger partial charge < -0.3 is 15.2 Å². The van der Waals surface area contributed by atoms with Gasteiger partial charge in [0.25, 0.3) is 0 Å². The van der Waals surface area contributed by atoms with Crippen molar-refractivity contribution in [3.63, 3.8) is 0 Å². The van der Waals surface area contributed by atoms with Crippen LogP contribution in [0.25, 0.3) is 0 Å². The first-order valence-corrected chi connectivity index (χ1v) is 8.09. The number of hydrogen-bond acceptors (Lipinski definition) is 3. The molecule has 0 aromatic heterocycles. The summed E-state index contributed by atoms with van der Waals surface area (Å²) in [6.07, 6.45) is 6.63. The summed E-state index contributed by atoms with van der Waals surface area (Å²) in [6, 6.07) is 1.98. The summed E-state index contributed by atoms with van der Waals surface area (Å²) >= 11 is 3.70. The van der Waals surface area contributed by atoms with E-state index in [-0.39, 0.29) is 5.54 Å². The van der Waals surface area contributed by atoms with Crippen LogP contribution in [0.3, 0.4) is 0 Å². The molecule has 3 nitrogen and oxygen atoms in total. The van der Waals surface area contributed by atoms with Gasteiger partial charge >= 0.3 is 0 Å². The van der Waals surface area contributed by atoms with Gasteiger partial charge in [0, 0.05) is 15.6 Å². The fourth-order valence-corrected chi connectivity index (χ4v) is 4.19. The minimum absolute atomic E-state index is 0.248. The molecule has 0 bridgehead atoms. The Labute approximate surface area is 130 Å². The van der Waals surface area contributed by atoms with Crippen molar-refractivity contribution in [2.24, 2.45) is 5.73 Å². The van der Waals surface area contributed by atoms with Crippen LogP contribution >= 0.6 is 15.9 Å². The standard InChI is InChI=1S/C16H24BrNO2/c1-4-11-14(16(18)8-6-5-7-9-16)12(17)10-13(19-2)15(11)20-3/h10H,4-9,18H2,1-3H3. The molecule has 20 heavy (non-hydrogen) atoms. The highest BCUT2D eigenvalue weighted by Crippen LogP contribution is 2.46. The second kappa shape index (κ2) is 6.35. The molecule has 2 rings (SSSR count). The Hall–Kier alpha value is -0.740. The molecule has 1 aromatic carbocycles. The van der Waals surface area contributed by atoms with E-state index in [2.05, 4.69) is 22.9 Å². The maximum absolute atomic E-state index is 6.75. The number of benzene rings is 1.